The quantitative estimate of drug-likeness (QED) is 0.631. The number of allylic oxidation sites excluding steroid dienone is 4. The maximum Gasteiger partial charge on any atom is 0.223 e. The Balaban J connectivity index is 0.00000136. The topological polar surface area (TPSA) is 73.6 Å². The molecule has 2 heterocycles. The van der Waals surface area contributed by atoms with Crippen LogP contribution in [0.5, 0.6) is 0 Å². The second-order valence-electron chi connectivity index (χ2n) is 8.29. The molecule has 2 atom stereocenters. The number of nitrogens with one attached hydrogen (secondary N) is 2. The van der Waals surface area contributed by atoms with E-state index in [2.05, 4.69) is 50.3 Å². The molecule has 152 valence electrons. The van der Waals surface area contributed by atoms with E-state index in [1.165, 1.54) is 44.1 Å². The molecule has 1 aromatic rings. The summed E-state index contributed by atoms with van der Waals surface area (Å²) in [6.07, 6.45) is 16.4. The number of thioether (sulfide) groups is 1. The first-order valence-electron chi connectivity index (χ1n) is 10.6. The minimum absolute atomic E-state index is 0. The number of nitriles is 1. The molecule has 1 aromatic heterocycles. The van der Waals surface area contributed by atoms with Gasteiger partial charge in [0, 0.05) is 21.0 Å². The average Bonchev–Trinajstić information content (AvgIpc) is 3.40. The Labute approximate surface area is 179 Å². The van der Waals surface area contributed by atoms with Crippen molar-refractivity contribution in [2.45, 2.75) is 38.5 Å². The van der Waals surface area contributed by atoms with Crippen LogP contribution in [-0.2, 0) is 0 Å². The number of aromatic nitrogens is 2. The van der Waals surface area contributed by atoms with E-state index in [0.717, 1.165) is 23.2 Å². The van der Waals surface area contributed by atoms with Gasteiger partial charge in [-0.1, -0.05) is 49.3 Å². The lowest BCUT2D eigenvalue weighted by atomic mass is 9.89. The van der Waals surface area contributed by atoms with Gasteiger partial charge in [0.25, 0.3) is 0 Å². The van der Waals surface area contributed by atoms with Crippen molar-refractivity contribution >= 4 is 23.3 Å². The summed E-state index contributed by atoms with van der Waals surface area (Å²) in [5.74, 6) is 2.76. The van der Waals surface area contributed by atoms with Gasteiger partial charge < -0.3 is 10.6 Å². The maximum atomic E-state index is 9.82. The van der Waals surface area contributed by atoms with Gasteiger partial charge in [0.15, 0.2) is 0 Å². The van der Waals surface area contributed by atoms with E-state index in [-0.39, 0.29) is 2.85 Å². The lowest BCUT2D eigenvalue weighted by molar-refractivity contribution is 0.373. The highest BCUT2D eigenvalue weighted by Gasteiger charge is 2.35. The SMILES string of the molecule is N#C/C(=C1\NC(C2=CC3CC3C=C2)=CS1)c1ccnc(NCC2CCCCC2)n1.[HH].[HH]. The van der Waals surface area contributed by atoms with Crippen molar-refractivity contribution in [3.63, 3.8) is 0 Å². The maximum absolute atomic E-state index is 9.82. The standard InChI is InChI=1S/C23H25N5S.2H2/c24-12-19(22-27-21(14-29-22)17-7-6-16-10-18(16)11-17)20-8-9-25-23(28-20)26-13-15-4-2-1-3-5-15;;/h6-9,11,14-16,18,27H,1-5,10,13H2,(H,25,26,28);2*1H/b22-19-;;. The number of hydrogen-bond donors (Lipinski definition) is 2. The van der Waals surface area contributed by atoms with Gasteiger partial charge >= 0.3 is 0 Å². The summed E-state index contributed by atoms with van der Waals surface area (Å²) in [5.41, 5.74) is 3.52. The van der Waals surface area contributed by atoms with Gasteiger partial charge in [-0.2, -0.15) is 5.26 Å². The van der Waals surface area contributed by atoms with E-state index >= 15 is 0 Å². The van der Waals surface area contributed by atoms with E-state index in [1.54, 1.807) is 18.0 Å². The van der Waals surface area contributed by atoms with Crippen molar-refractivity contribution in [3.05, 3.63) is 57.9 Å². The number of anilines is 1. The van der Waals surface area contributed by atoms with E-state index in [4.69, 9.17) is 0 Å². The van der Waals surface area contributed by atoms with Crippen LogP contribution in [0.25, 0.3) is 5.57 Å². The predicted octanol–water partition coefficient (Wildman–Crippen LogP) is 5.46. The predicted molar refractivity (Wildman–Crippen MR) is 121 cm³/mol. The van der Waals surface area contributed by atoms with Crippen LogP contribution >= 0.6 is 11.8 Å². The molecule has 4 aliphatic rings. The van der Waals surface area contributed by atoms with Crippen LogP contribution in [0.3, 0.4) is 0 Å². The fourth-order valence-corrected chi connectivity index (χ4v) is 5.20. The number of rotatable bonds is 5. The minimum atomic E-state index is 0. The summed E-state index contributed by atoms with van der Waals surface area (Å²) in [6, 6.07) is 4.15. The third kappa shape index (κ3) is 4.11. The van der Waals surface area contributed by atoms with Crippen LogP contribution < -0.4 is 10.6 Å². The largest absolute Gasteiger partial charge is 0.354 e. The Bertz CT molecular complexity index is 972. The van der Waals surface area contributed by atoms with Gasteiger partial charge in [-0.05, 0) is 48.7 Å². The molecule has 0 saturated heterocycles. The lowest BCUT2D eigenvalue weighted by Gasteiger charge is -2.21. The molecule has 5 nitrogen and oxygen atoms in total. The fraction of sp³-hybridized carbons (Fsp3) is 0.435. The van der Waals surface area contributed by atoms with Crippen molar-refractivity contribution in [2.24, 2.45) is 17.8 Å². The normalized spacial score (nSPS) is 27.3. The van der Waals surface area contributed by atoms with Gasteiger partial charge in [-0.3, -0.25) is 0 Å². The zero-order chi connectivity index (χ0) is 19.6. The molecule has 0 bridgehead atoms. The molecule has 2 saturated carbocycles. The summed E-state index contributed by atoms with van der Waals surface area (Å²) in [5, 5.41) is 19.6. The summed E-state index contributed by atoms with van der Waals surface area (Å²) in [7, 11) is 0. The second kappa shape index (κ2) is 8.08. The molecule has 6 heteroatoms. The van der Waals surface area contributed by atoms with Crippen LogP contribution in [-0.4, -0.2) is 16.5 Å². The highest BCUT2D eigenvalue weighted by molar-refractivity contribution is 8.06. The first-order chi connectivity index (χ1) is 14.3. The second-order valence-corrected chi connectivity index (χ2v) is 9.16. The van der Waals surface area contributed by atoms with Gasteiger partial charge in [-0.15, -0.1) is 0 Å². The van der Waals surface area contributed by atoms with E-state index < -0.39 is 0 Å². The third-order valence-corrected chi connectivity index (χ3v) is 7.08. The molecule has 0 aromatic carbocycles. The molecule has 2 N–H and O–H groups in total. The van der Waals surface area contributed by atoms with Gasteiger partial charge in [0.1, 0.15) is 11.6 Å². The smallest absolute Gasteiger partial charge is 0.223 e. The van der Waals surface area contributed by atoms with Gasteiger partial charge in [-0.25, -0.2) is 9.97 Å². The zero-order valence-corrected chi connectivity index (χ0v) is 17.2. The summed E-state index contributed by atoms with van der Waals surface area (Å²) < 4.78 is 0. The van der Waals surface area contributed by atoms with Crippen LogP contribution in [0.15, 0.2) is 52.2 Å². The van der Waals surface area contributed by atoms with Crippen molar-refractivity contribution < 1.29 is 2.85 Å². The van der Waals surface area contributed by atoms with Gasteiger partial charge in [0.05, 0.1) is 16.4 Å². The minimum Gasteiger partial charge on any atom is -0.354 e. The van der Waals surface area contributed by atoms with Gasteiger partial charge in [0.2, 0.25) is 5.95 Å². The van der Waals surface area contributed by atoms with Crippen molar-refractivity contribution in [3.8, 4) is 6.07 Å². The molecule has 29 heavy (non-hydrogen) atoms. The zero-order valence-electron chi connectivity index (χ0n) is 16.4. The highest BCUT2D eigenvalue weighted by Crippen LogP contribution is 2.46. The van der Waals surface area contributed by atoms with Crippen molar-refractivity contribution in [2.75, 3.05) is 11.9 Å². The summed E-state index contributed by atoms with van der Waals surface area (Å²) in [4.78, 5) is 8.98. The van der Waals surface area contributed by atoms with E-state index in [9.17, 15) is 5.26 Å². The molecule has 0 spiro atoms. The molecular formula is C23H29N5S. The van der Waals surface area contributed by atoms with Crippen molar-refractivity contribution in [1.82, 2.24) is 15.3 Å². The summed E-state index contributed by atoms with van der Waals surface area (Å²) in [6.45, 7) is 0.906. The Hall–Kier alpha value is -2.52. The molecule has 2 fully saturated rings. The van der Waals surface area contributed by atoms with Crippen LogP contribution in [0, 0.1) is 29.1 Å². The molecular weight excluding hydrogens is 378 g/mol. The number of nitrogens with zero attached hydrogens (tertiary/aromatic N) is 3. The first-order valence-corrected chi connectivity index (χ1v) is 11.4. The Morgan fingerprint density at radius 2 is 2.21 bits per heavy atom. The molecule has 0 radical (unpaired) electrons. The summed E-state index contributed by atoms with van der Waals surface area (Å²) >= 11 is 1.56. The monoisotopic (exact) mass is 407 g/mol. The van der Waals surface area contributed by atoms with E-state index in [1.807, 2.05) is 6.07 Å². The first kappa shape index (κ1) is 18.5. The molecule has 2 unspecified atom stereocenters. The fourth-order valence-electron chi connectivity index (χ4n) is 4.34. The van der Waals surface area contributed by atoms with Crippen LogP contribution in [0.4, 0.5) is 5.95 Å². The Morgan fingerprint density at radius 1 is 1.31 bits per heavy atom. The van der Waals surface area contributed by atoms with E-state index in [0.29, 0.717) is 29.1 Å². The van der Waals surface area contributed by atoms with Crippen LogP contribution in [0.1, 0.15) is 47.1 Å². The molecule has 5 rings (SSSR count). The molecule has 3 aliphatic carbocycles. The Morgan fingerprint density at radius 3 is 3.03 bits per heavy atom. The Kier molecular flexibility index (Phi) is 5.15. The number of fused-ring (bicyclic) bond motifs is 1. The molecule has 0 amide bonds. The highest BCUT2D eigenvalue weighted by atomic mass is 32.2. The van der Waals surface area contributed by atoms with Crippen LogP contribution in [0.2, 0.25) is 0 Å². The lowest BCUT2D eigenvalue weighted by Crippen LogP contribution is -2.18. The number of hydrogen-bond acceptors (Lipinski definition) is 6. The van der Waals surface area contributed by atoms with Crippen molar-refractivity contribution in [1.29, 1.82) is 5.26 Å². The average molecular weight is 408 g/mol. The third-order valence-electron chi connectivity index (χ3n) is 6.19. The molecule has 1 aliphatic heterocycles.